The fourth-order valence-corrected chi connectivity index (χ4v) is 3.78. The predicted octanol–water partition coefficient (Wildman–Crippen LogP) is -0.791. The lowest BCUT2D eigenvalue weighted by atomic mass is 10.0. The second-order valence-corrected chi connectivity index (χ2v) is 8.79. The number of nitrogens with two attached hydrogens (primary N) is 2. The summed E-state index contributed by atoms with van der Waals surface area (Å²) < 4.78 is 0. The van der Waals surface area contributed by atoms with Gasteiger partial charge < -0.3 is 37.8 Å². The zero-order valence-electron chi connectivity index (χ0n) is 19.7. The minimum absolute atomic E-state index is 0.0397. The van der Waals surface area contributed by atoms with Gasteiger partial charge in [0.05, 0.1) is 6.54 Å². The number of phenols is 1. The number of aromatic hydroxyl groups is 1. The summed E-state index contributed by atoms with van der Waals surface area (Å²) in [6, 6.07) is 9.03. The normalized spacial score (nSPS) is 20.8. The van der Waals surface area contributed by atoms with Crippen molar-refractivity contribution in [2.24, 2.45) is 16.5 Å². The lowest BCUT2D eigenvalue weighted by Gasteiger charge is -2.27. The van der Waals surface area contributed by atoms with E-state index in [1.165, 1.54) is 12.1 Å². The molecule has 0 unspecified atom stereocenters. The maximum Gasteiger partial charge on any atom is 0.247 e. The van der Waals surface area contributed by atoms with Crippen molar-refractivity contribution in [1.29, 1.82) is 0 Å². The van der Waals surface area contributed by atoms with Crippen LogP contribution in [-0.4, -0.2) is 59.9 Å². The molecule has 2 aromatic carbocycles. The van der Waals surface area contributed by atoms with Gasteiger partial charge in [-0.2, -0.15) is 0 Å². The number of amides is 4. The van der Waals surface area contributed by atoms with Crippen molar-refractivity contribution in [3.8, 4) is 5.75 Å². The van der Waals surface area contributed by atoms with E-state index >= 15 is 0 Å². The topological polar surface area (TPSA) is 201 Å². The van der Waals surface area contributed by atoms with Gasteiger partial charge in [-0.15, -0.1) is 0 Å². The molecule has 0 aromatic heterocycles. The van der Waals surface area contributed by atoms with Crippen molar-refractivity contribution < 1.29 is 24.3 Å². The third-order valence-electron chi connectivity index (χ3n) is 5.55. The first-order valence-electron chi connectivity index (χ1n) is 11.4. The van der Waals surface area contributed by atoms with Crippen LogP contribution in [0.1, 0.15) is 23.6 Å². The summed E-state index contributed by atoms with van der Waals surface area (Å²) >= 11 is 5.96. The molecule has 1 saturated heterocycles. The lowest BCUT2D eigenvalue weighted by molar-refractivity contribution is -0.135. The summed E-state index contributed by atoms with van der Waals surface area (Å²) in [5.41, 5.74) is 11.8. The molecule has 37 heavy (non-hydrogen) atoms. The Morgan fingerprint density at radius 2 is 1.54 bits per heavy atom. The summed E-state index contributed by atoms with van der Waals surface area (Å²) in [5.74, 6) is -2.64. The molecule has 0 bridgehead atoms. The minimum Gasteiger partial charge on any atom is -0.508 e. The summed E-state index contributed by atoms with van der Waals surface area (Å²) in [5, 5.41) is 20.4. The smallest absolute Gasteiger partial charge is 0.247 e. The van der Waals surface area contributed by atoms with E-state index in [0.29, 0.717) is 16.1 Å². The van der Waals surface area contributed by atoms with E-state index in [0.717, 1.165) is 0 Å². The van der Waals surface area contributed by atoms with Crippen LogP contribution in [0.15, 0.2) is 53.5 Å². The van der Waals surface area contributed by atoms with Gasteiger partial charge in [-0.3, -0.25) is 24.2 Å². The van der Waals surface area contributed by atoms with Crippen molar-refractivity contribution in [2.75, 3.05) is 13.1 Å². The van der Waals surface area contributed by atoms with Gasteiger partial charge in [-0.1, -0.05) is 35.9 Å². The van der Waals surface area contributed by atoms with Gasteiger partial charge in [-0.05, 0) is 41.8 Å². The number of nitrogens with zero attached hydrogens (tertiary/aromatic N) is 1. The zero-order chi connectivity index (χ0) is 26.9. The van der Waals surface area contributed by atoms with E-state index < -0.39 is 48.3 Å². The highest BCUT2D eigenvalue weighted by Crippen LogP contribution is 2.18. The van der Waals surface area contributed by atoms with E-state index in [4.69, 9.17) is 23.1 Å². The Bertz CT molecular complexity index is 1170. The van der Waals surface area contributed by atoms with Crippen molar-refractivity contribution in [3.63, 3.8) is 0 Å². The lowest BCUT2D eigenvalue weighted by Crippen LogP contribution is -2.58. The molecule has 3 atom stereocenters. The number of guanidine groups is 1. The molecule has 1 fully saturated rings. The number of phenolic OH excluding ortho intramolecular Hbond substituents is 1. The average molecular weight is 530 g/mol. The molecule has 0 aliphatic carbocycles. The third-order valence-corrected chi connectivity index (χ3v) is 5.80. The Kier molecular flexibility index (Phi) is 9.27. The van der Waals surface area contributed by atoms with Crippen LogP contribution in [-0.2, 0) is 25.6 Å². The quantitative estimate of drug-likeness (QED) is 0.187. The van der Waals surface area contributed by atoms with Crippen LogP contribution in [0, 0.1) is 0 Å². The number of carbonyl (C=O) groups excluding carboxylic acids is 4. The average Bonchev–Trinajstić information content (AvgIpc) is 2.85. The standard InChI is InChI=1S/C24H28ClN7O5/c25-15-5-3-14(4-6-15)20-23(37)31-18(11-13-1-7-16(33)8-2-13)22(36)30-17(9-10-28-24(26)27)21(35)29-12-19(34)32-20/h1-8,17-18,20,33H,9-12H2,(H,29,35)(H,30,36)(H,31,37)(H,32,34)(H4,26,27,28)/t17-,18+,20+/m1/s1. The predicted molar refractivity (Wildman–Crippen MR) is 136 cm³/mol. The molecule has 13 heteroatoms. The Balaban J connectivity index is 1.93. The summed E-state index contributed by atoms with van der Waals surface area (Å²) in [4.78, 5) is 55.9. The molecule has 2 aromatic rings. The molecule has 0 spiro atoms. The molecule has 9 N–H and O–H groups in total. The maximum absolute atomic E-state index is 13.3. The molecular formula is C24H28ClN7O5. The highest BCUT2D eigenvalue weighted by molar-refractivity contribution is 6.30. The Hall–Kier alpha value is -4.32. The number of hydrogen-bond donors (Lipinski definition) is 7. The van der Waals surface area contributed by atoms with E-state index in [1.807, 2.05) is 0 Å². The van der Waals surface area contributed by atoms with Crippen molar-refractivity contribution >= 4 is 41.2 Å². The first kappa shape index (κ1) is 27.3. The molecule has 4 amide bonds. The van der Waals surface area contributed by atoms with Gasteiger partial charge in [0.25, 0.3) is 0 Å². The molecule has 3 rings (SSSR count). The van der Waals surface area contributed by atoms with Gasteiger partial charge in [0.2, 0.25) is 23.6 Å². The first-order chi connectivity index (χ1) is 17.6. The molecule has 1 aliphatic rings. The Labute approximate surface area is 217 Å². The van der Waals surface area contributed by atoms with Crippen LogP contribution in [0.2, 0.25) is 5.02 Å². The highest BCUT2D eigenvalue weighted by atomic mass is 35.5. The first-order valence-corrected chi connectivity index (χ1v) is 11.8. The van der Waals surface area contributed by atoms with Gasteiger partial charge in [0, 0.05) is 18.0 Å². The van der Waals surface area contributed by atoms with E-state index in [1.54, 1.807) is 36.4 Å². The van der Waals surface area contributed by atoms with Gasteiger partial charge >= 0.3 is 0 Å². The van der Waals surface area contributed by atoms with Crippen LogP contribution < -0.4 is 32.7 Å². The molecule has 12 nitrogen and oxygen atoms in total. The SMILES string of the molecule is NC(N)=NCC[C@H]1NC(=O)[C@H](Cc2ccc(O)cc2)NC(=O)[C@H](c2ccc(Cl)cc2)NC(=O)CNC1=O. The van der Waals surface area contributed by atoms with Gasteiger partial charge in [-0.25, -0.2) is 0 Å². The molecule has 0 saturated carbocycles. The fraction of sp³-hybridized carbons (Fsp3) is 0.292. The number of halogens is 1. The number of carbonyl (C=O) groups is 4. The summed E-state index contributed by atoms with van der Waals surface area (Å²) in [6.45, 7) is -0.387. The number of hydrogen-bond acceptors (Lipinski definition) is 6. The van der Waals surface area contributed by atoms with Crippen LogP contribution >= 0.6 is 11.6 Å². The van der Waals surface area contributed by atoms with Crippen molar-refractivity contribution in [1.82, 2.24) is 21.3 Å². The van der Waals surface area contributed by atoms with Gasteiger partial charge in [0.1, 0.15) is 23.9 Å². The van der Waals surface area contributed by atoms with Crippen LogP contribution in [0.5, 0.6) is 5.75 Å². The van der Waals surface area contributed by atoms with E-state index in [9.17, 15) is 24.3 Å². The fourth-order valence-electron chi connectivity index (χ4n) is 3.65. The van der Waals surface area contributed by atoms with Crippen LogP contribution in [0.3, 0.4) is 0 Å². The highest BCUT2D eigenvalue weighted by Gasteiger charge is 2.32. The van der Waals surface area contributed by atoms with E-state index in [2.05, 4.69) is 26.3 Å². The largest absolute Gasteiger partial charge is 0.508 e. The number of rotatable bonds is 6. The Morgan fingerprint density at radius 1 is 0.892 bits per heavy atom. The maximum atomic E-state index is 13.3. The molecule has 196 valence electrons. The third kappa shape index (κ3) is 8.10. The molecule has 1 heterocycles. The molecule has 0 radical (unpaired) electrons. The number of aliphatic imine (C=N–C) groups is 1. The summed E-state index contributed by atoms with van der Waals surface area (Å²) in [7, 11) is 0. The summed E-state index contributed by atoms with van der Waals surface area (Å²) in [6.07, 6.45) is 0.0890. The second kappa shape index (κ2) is 12.6. The van der Waals surface area contributed by atoms with Crippen molar-refractivity contribution in [2.45, 2.75) is 31.0 Å². The van der Waals surface area contributed by atoms with Crippen LogP contribution in [0.4, 0.5) is 0 Å². The van der Waals surface area contributed by atoms with E-state index in [-0.39, 0.29) is 31.1 Å². The van der Waals surface area contributed by atoms with Crippen LogP contribution in [0.25, 0.3) is 0 Å². The molecular weight excluding hydrogens is 502 g/mol. The van der Waals surface area contributed by atoms with Gasteiger partial charge in [0.15, 0.2) is 5.96 Å². The second-order valence-electron chi connectivity index (χ2n) is 8.36. The minimum atomic E-state index is -1.16. The zero-order valence-corrected chi connectivity index (χ0v) is 20.5. The van der Waals surface area contributed by atoms with Crippen molar-refractivity contribution in [3.05, 3.63) is 64.7 Å². The number of nitrogens with one attached hydrogen (secondary N) is 4. The molecule has 1 aliphatic heterocycles. The monoisotopic (exact) mass is 529 g/mol. The number of benzene rings is 2. The Morgan fingerprint density at radius 3 is 2.19 bits per heavy atom.